The number of phenolic OH excluding ortho intramolecular Hbond substituents is 1. The number of hydrogen-bond donors (Lipinski definition) is 2. The first-order valence-electron chi connectivity index (χ1n) is 6.38. The highest BCUT2D eigenvalue weighted by Gasteiger charge is 2.00. The van der Waals surface area contributed by atoms with Gasteiger partial charge in [-0.05, 0) is 35.8 Å². The minimum Gasteiger partial charge on any atom is -0.508 e. The molecule has 102 valence electrons. The lowest BCUT2D eigenvalue weighted by Gasteiger charge is -2.04. The van der Waals surface area contributed by atoms with Crippen molar-refractivity contribution in [1.29, 1.82) is 0 Å². The number of carbonyl (C=O) groups is 1. The minimum atomic E-state index is -0.163. The first-order valence-corrected chi connectivity index (χ1v) is 6.38. The lowest BCUT2D eigenvalue weighted by Crippen LogP contribution is -2.23. The molecule has 4 nitrogen and oxygen atoms in total. The molecule has 0 aliphatic carbocycles. The van der Waals surface area contributed by atoms with Crippen LogP contribution in [0.4, 0.5) is 0 Å². The lowest BCUT2D eigenvalue weighted by molar-refractivity contribution is -0.116. The van der Waals surface area contributed by atoms with Crippen molar-refractivity contribution in [3.63, 3.8) is 0 Å². The fourth-order valence-corrected chi connectivity index (χ4v) is 1.75. The molecule has 1 amide bonds. The van der Waals surface area contributed by atoms with Gasteiger partial charge in [-0.3, -0.25) is 9.78 Å². The van der Waals surface area contributed by atoms with E-state index in [1.54, 1.807) is 30.6 Å². The number of hydrogen-bond acceptors (Lipinski definition) is 3. The number of carbonyl (C=O) groups excluding carboxylic acids is 1. The van der Waals surface area contributed by atoms with Crippen LogP contribution in [0.3, 0.4) is 0 Å². The summed E-state index contributed by atoms with van der Waals surface area (Å²) in [6.07, 6.45) is 7.15. The number of rotatable bonds is 5. The average molecular weight is 268 g/mol. The first kappa shape index (κ1) is 13.8. The van der Waals surface area contributed by atoms with E-state index < -0.39 is 0 Å². The smallest absolute Gasteiger partial charge is 0.244 e. The molecule has 20 heavy (non-hydrogen) atoms. The highest BCUT2D eigenvalue weighted by atomic mass is 16.3. The predicted molar refractivity (Wildman–Crippen MR) is 78.1 cm³/mol. The number of para-hydroxylation sites is 1. The van der Waals surface area contributed by atoms with E-state index in [0.29, 0.717) is 13.0 Å². The van der Waals surface area contributed by atoms with Crippen molar-refractivity contribution in [1.82, 2.24) is 10.3 Å². The number of nitrogens with one attached hydrogen (secondary N) is 1. The van der Waals surface area contributed by atoms with Gasteiger partial charge in [0.25, 0.3) is 0 Å². The maximum absolute atomic E-state index is 11.6. The van der Waals surface area contributed by atoms with Crippen LogP contribution in [0.25, 0.3) is 6.08 Å². The SMILES string of the molecule is O=C(/C=C/c1cccnc1)NCCc1ccccc1O. The molecule has 0 unspecified atom stereocenters. The monoisotopic (exact) mass is 268 g/mol. The lowest BCUT2D eigenvalue weighted by atomic mass is 10.1. The predicted octanol–water partition coefficient (Wildman–Crippen LogP) is 2.16. The highest BCUT2D eigenvalue weighted by Crippen LogP contribution is 2.15. The van der Waals surface area contributed by atoms with Crippen LogP contribution in [0.15, 0.2) is 54.9 Å². The number of benzene rings is 1. The normalized spacial score (nSPS) is 10.6. The molecule has 2 aromatic rings. The minimum absolute atomic E-state index is 0.163. The Morgan fingerprint density at radius 2 is 2.10 bits per heavy atom. The number of phenols is 1. The number of pyridine rings is 1. The zero-order chi connectivity index (χ0) is 14.2. The van der Waals surface area contributed by atoms with Crippen molar-refractivity contribution in [3.05, 3.63) is 66.0 Å². The molecule has 0 saturated carbocycles. The molecule has 0 fully saturated rings. The Bertz CT molecular complexity index is 594. The molecular weight excluding hydrogens is 252 g/mol. The summed E-state index contributed by atoms with van der Waals surface area (Å²) in [5.74, 6) is 0.0944. The third-order valence-corrected chi connectivity index (χ3v) is 2.80. The molecule has 1 aromatic carbocycles. The summed E-state index contributed by atoms with van der Waals surface area (Å²) in [6, 6.07) is 10.8. The Morgan fingerprint density at radius 3 is 2.85 bits per heavy atom. The molecule has 1 heterocycles. The van der Waals surface area contributed by atoms with E-state index in [9.17, 15) is 9.90 Å². The Kier molecular flexibility index (Phi) is 4.89. The zero-order valence-corrected chi connectivity index (χ0v) is 11.0. The Hall–Kier alpha value is -2.62. The number of aromatic hydroxyl groups is 1. The maximum Gasteiger partial charge on any atom is 0.244 e. The third kappa shape index (κ3) is 4.24. The second kappa shape index (κ2) is 7.09. The number of aromatic nitrogens is 1. The summed E-state index contributed by atoms with van der Waals surface area (Å²) in [6.45, 7) is 0.480. The average Bonchev–Trinajstić information content (AvgIpc) is 2.48. The molecule has 0 aliphatic rings. The molecule has 0 saturated heterocycles. The summed E-state index contributed by atoms with van der Waals surface area (Å²) >= 11 is 0. The summed E-state index contributed by atoms with van der Waals surface area (Å²) in [5, 5.41) is 12.4. The molecule has 0 aliphatic heterocycles. The third-order valence-electron chi connectivity index (χ3n) is 2.80. The van der Waals surface area contributed by atoms with E-state index in [0.717, 1.165) is 11.1 Å². The van der Waals surface area contributed by atoms with Crippen LogP contribution >= 0.6 is 0 Å². The van der Waals surface area contributed by atoms with Crippen LogP contribution in [0, 0.1) is 0 Å². The van der Waals surface area contributed by atoms with Gasteiger partial charge in [-0.2, -0.15) is 0 Å². The second-order valence-corrected chi connectivity index (χ2v) is 4.29. The zero-order valence-electron chi connectivity index (χ0n) is 11.0. The van der Waals surface area contributed by atoms with Gasteiger partial charge in [-0.25, -0.2) is 0 Å². The quantitative estimate of drug-likeness (QED) is 0.817. The van der Waals surface area contributed by atoms with Crippen LogP contribution in [0.1, 0.15) is 11.1 Å². The standard InChI is InChI=1S/C16H16N2O2/c19-15-6-2-1-5-14(15)9-11-18-16(20)8-7-13-4-3-10-17-12-13/h1-8,10,12,19H,9,11H2,(H,18,20)/b8-7+. The fourth-order valence-electron chi connectivity index (χ4n) is 1.75. The van der Waals surface area contributed by atoms with Gasteiger partial charge in [-0.1, -0.05) is 24.3 Å². The summed E-state index contributed by atoms with van der Waals surface area (Å²) < 4.78 is 0. The van der Waals surface area contributed by atoms with Gasteiger partial charge >= 0.3 is 0 Å². The summed E-state index contributed by atoms with van der Waals surface area (Å²) in [5.41, 5.74) is 1.70. The second-order valence-electron chi connectivity index (χ2n) is 4.29. The van der Waals surface area contributed by atoms with Crippen molar-refractivity contribution < 1.29 is 9.90 Å². The van der Waals surface area contributed by atoms with E-state index in [1.807, 2.05) is 24.3 Å². The number of amides is 1. The van der Waals surface area contributed by atoms with Crippen molar-refractivity contribution in [2.45, 2.75) is 6.42 Å². The van der Waals surface area contributed by atoms with Crippen molar-refractivity contribution in [3.8, 4) is 5.75 Å². The first-order chi connectivity index (χ1) is 9.75. The summed E-state index contributed by atoms with van der Waals surface area (Å²) in [7, 11) is 0. The van der Waals surface area contributed by atoms with Crippen molar-refractivity contribution in [2.24, 2.45) is 0 Å². The highest BCUT2D eigenvalue weighted by molar-refractivity contribution is 5.91. The molecule has 0 radical (unpaired) electrons. The van der Waals surface area contributed by atoms with E-state index in [2.05, 4.69) is 10.3 Å². The Balaban J connectivity index is 1.79. The molecular formula is C16H16N2O2. The Morgan fingerprint density at radius 1 is 1.25 bits per heavy atom. The van der Waals surface area contributed by atoms with Crippen LogP contribution in [0.2, 0.25) is 0 Å². The molecule has 0 spiro atoms. The van der Waals surface area contributed by atoms with Crippen molar-refractivity contribution in [2.75, 3.05) is 6.54 Å². The van der Waals surface area contributed by atoms with E-state index >= 15 is 0 Å². The molecule has 2 rings (SSSR count). The summed E-state index contributed by atoms with van der Waals surface area (Å²) in [4.78, 5) is 15.6. The molecule has 0 atom stereocenters. The molecule has 2 N–H and O–H groups in total. The maximum atomic E-state index is 11.6. The van der Waals surface area contributed by atoms with E-state index in [4.69, 9.17) is 0 Å². The van der Waals surface area contributed by atoms with Crippen LogP contribution in [-0.4, -0.2) is 22.5 Å². The van der Waals surface area contributed by atoms with Crippen molar-refractivity contribution >= 4 is 12.0 Å². The van der Waals surface area contributed by atoms with Gasteiger partial charge < -0.3 is 10.4 Å². The van der Waals surface area contributed by atoms with E-state index in [-0.39, 0.29) is 11.7 Å². The van der Waals surface area contributed by atoms with Crippen LogP contribution in [0.5, 0.6) is 5.75 Å². The molecule has 0 bridgehead atoms. The van der Waals surface area contributed by atoms with Gasteiger partial charge in [0.15, 0.2) is 0 Å². The van der Waals surface area contributed by atoms with E-state index in [1.165, 1.54) is 6.08 Å². The largest absolute Gasteiger partial charge is 0.508 e. The van der Waals surface area contributed by atoms with Gasteiger partial charge in [0.1, 0.15) is 5.75 Å². The van der Waals surface area contributed by atoms with Gasteiger partial charge in [0.05, 0.1) is 0 Å². The van der Waals surface area contributed by atoms with Gasteiger partial charge in [0, 0.05) is 25.0 Å². The van der Waals surface area contributed by atoms with Crippen LogP contribution < -0.4 is 5.32 Å². The Labute approximate surface area is 117 Å². The topological polar surface area (TPSA) is 62.2 Å². The van der Waals surface area contributed by atoms with Gasteiger partial charge in [-0.15, -0.1) is 0 Å². The fraction of sp³-hybridized carbons (Fsp3) is 0.125. The number of nitrogens with zero attached hydrogens (tertiary/aromatic N) is 1. The molecule has 1 aromatic heterocycles. The molecule has 4 heteroatoms. The van der Waals surface area contributed by atoms with Crippen LogP contribution in [-0.2, 0) is 11.2 Å². The van der Waals surface area contributed by atoms with Gasteiger partial charge in [0.2, 0.25) is 5.91 Å².